The summed E-state index contributed by atoms with van der Waals surface area (Å²) in [5.41, 5.74) is 3.08. The summed E-state index contributed by atoms with van der Waals surface area (Å²) in [5, 5.41) is 2.82. The summed E-state index contributed by atoms with van der Waals surface area (Å²) in [6, 6.07) is 12.9. The minimum Gasteiger partial charge on any atom is -0.441 e. The molecule has 1 aromatic carbocycles. The summed E-state index contributed by atoms with van der Waals surface area (Å²) < 4.78 is 5.62. The molecule has 0 aliphatic heterocycles. The Hall–Kier alpha value is -3.21. The van der Waals surface area contributed by atoms with Crippen LogP contribution in [0.25, 0.3) is 17.5 Å². The minimum atomic E-state index is -0.224. The number of oxazole rings is 1. The van der Waals surface area contributed by atoms with Crippen LogP contribution in [-0.4, -0.2) is 15.9 Å². The minimum absolute atomic E-state index is 0.224. The van der Waals surface area contributed by atoms with Gasteiger partial charge in [0.1, 0.15) is 5.76 Å². The van der Waals surface area contributed by atoms with Crippen molar-refractivity contribution in [2.24, 2.45) is 0 Å². The lowest BCUT2D eigenvalue weighted by Crippen LogP contribution is -2.07. The number of anilines is 1. The Balaban J connectivity index is 1.72. The molecule has 5 nitrogen and oxygen atoms in total. The van der Waals surface area contributed by atoms with E-state index in [0.717, 1.165) is 22.7 Å². The van der Waals surface area contributed by atoms with Gasteiger partial charge >= 0.3 is 0 Å². The fourth-order valence-electron chi connectivity index (χ4n) is 2.15. The highest BCUT2D eigenvalue weighted by molar-refractivity contribution is 6.02. The number of benzene rings is 1. The number of nitrogens with zero attached hydrogens (tertiary/aromatic N) is 2. The van der Waals surface area contributed by atoms with Gasteiger partial charge in [-0.15, -0.1) is 0 Å². The molecule has 0 unspecified atom stereocenters. The molecule has 0 bridgehead atoms. The molecule has 0 aliphatic carbocycles. The maximum Gasteiger partial charge on any atom is 0.248 e. The Kier molecular flexibility index (Phi) is 4.52. The van der Waals surface area contributed by atoms with Gasteiger partial charge in [-0.3, -0.25) is 9.78 Å². The standard InChI is InChI=1S/C19H17N3O2/c1-13-14(2)24-19(21-13)15-6-5-8-17(12-15)22-18(23)10-9-16-7-3-4-11-20-16/h3-12H,1-2H3,(H,22,23)/b10-9+. The second-order valence-electron chi connectivity index (χ2n) is 5.32. The van der Waals surface area contributed by atoms with E-state index in [1.807, 2.05) is 56.3 Å². The maximum absolute atomic E-state index is 12.0. The first-order chi connectivity index (χ1) is 11.6. The quantitative estimate of drug-likeness (QED) is 0.738. The number of hydrogen-bond donors (Lipinski definition) is 1. The summed E-state index contributed by atoms with van der Waals surface area (Å²) in [6.07, 6.45) is 4.80. The summed E-state index contributed by atoms with van der Waals surface area (Å²) in [6.45, 7) is 3.77. The Morgan fingerprint density at radius 2 is 2.04 bits per heavy atom. The van der Waals surface area contributed by atoms with Crippen LogP contribution in [0, 0.1) is 13.8 Å². The number of carbonyl (C=O) groups excluding carboxylic acids is 1. The van der Waals surface area contributed by atoms with Crippen molar-refractivity contribution in [3.8, 4) is 11.5 Å². The zero-order valence-electron chi connectivity index (χ0n) is 13.5. The van der Waals surface area contributed by atoms with E-state index in [2.05, 4.69) is 15.3 Å². The monoisotopic (exact) mass is 319 g/mol. The fraction of sp³-hybridized carbons (Fsp3) is 0.105. The van der Waals surface area contributed by atoms with Gasteiger partial charge in [0.05, 0.1) is 11.4 Å². The topological polar surface area (TPSA) is 68.0 Å². The molecule has 1 N–H and O–H groups in total. The number of aryl methyl sites for hydroxylation is 2. The first-order valence-corrected chi connectivity index (χ1v) is 7.56. The lowest BCUT2D eigenvalue weighted by molar-refractivity contribution is -0.111. The van der Waals surface area contributed by atoms with Crippen molar-refractivity contribution in [1.29, 1.82) is 0 Å². The molecule has 3 rings (SSSR count). The number of hydrogen-bond acceptors (Lipinski definition) is 4. The van der Waals surface area contributed by atoms with Crippen molar-refractivity contribution in [3.05, 3.63) is 71.9 Å². The SMILES string of the molecule is Cc1nc(-c2cccc(NC(=O)/C=C/c3ccccn3)c2)oc1C. The molecule has 0 fully saturated rings. The van der Waals surface area contributed by atoms with Crippen LogP contribution in [-0.2, 0) is 4.79 Å². The zero-order valence-corrected chi connectivity index (χ0v) is 13.5. The van der Waals surface area contributed by atoms with E-state index in [1.165, 1.54) is 6.08 Å². The predicted molar refractivity (Wildman–Crippen MR) is 93.3 cm³/mol. The molecule has 0 spiro atoms. The van der Waals surface area contributed by atoms with Gasteiger partial charge in [-0.2, -0.15) is 0 Å². The smallest absolute Gasteiger partial charge is 0.248 e. The van der Waals surface area contributed by atoms with Gasteiger partial charge in [0.15, 0.2) is 0 Å². The highest BCUT2D eigenvalue weighted by Crippen LogP contribution is 2.24. The van der Waals surface area contributed by atoms with Gasteiger partial charge in [-0.05, 0) is 50.3 Å². The van der Waals surface area contributed by atoms with Crippen molar-refractivity contribution < 1.29 is 9.21 Å². The van der Waals surface area contributed by atoms with Crippen molar-refractivity contribution in [2.75, 3.05) is 5.32 Å². The number of nitrogens with one attached hydrogen (secondary N) is 1. The molecule has 24 heavy (non-hydrogen) atoms. The van der Waals surface area contributed by atoms with Crippen molar-refractivity contribution in [2.45, 2.75) is 13.8 Å². The molecule has 0 saturated carbocycles. The van der Waals surface area contributed by atoms with E-state index in [9.17, 15) is 4.79 Å². The van der Waals surface area contributed by atoms with Gasteiger partial charge < -0.3 is 9.73 Å². The lowest BCUT2D eigenvalue weighted by atomic mass is 10.2. The van der Waals surface area contributed by atoms with Crippen LogP contribution in [0.1, 0.15) is 17.1 Å². The summed E-state index contributed by atoms with van der Waals surface area (Å²) >= 11 is 0. The van der Waals surface area contributed by atoms with E-state index in [4.69, 9.17) is 4.42 Å². The van der Waals surface area contributed by atoms with Gasteiger partial charge in [0, 0.05) is 23.5 Å². The van der Waals surface area contributed by atoms with E-state index < -0.39 is 0 Å². The number of pyridine rings is 1. The van der Waals surface area contributed by atoms with Crippen LogP contribution in [0.5, 0.6) is 0 Å². The van der Waals surface area contributed by atoms with E-state index in [-0.39, 0.29) is 5.91 Å². The van der Waals surface area contributed by atoms with E-state index in [1.54, 1.807) is 12.3 Å². The Bertz CT molecular complexity index is 863. The number of aromatic nitrogens is 2. The Labute approximate surface area is 140 Å². The third-order valence-corrected chi connectivity index (χ3v) is 3.50. The third kappa shape index (κ3) is 3.76. The fourth-order valence-corrected chi connectivity index (χ4v) is 2.15. The van der Waals surface area contributed by atoms with Gasteiger partial charge in [0.25, 0.3) is 0 Å². The van der Waals surface area contributed by atoms with Gasteiger partial charge in [-0.25, -0.2) is 4.98 Å². The molecule has 5 heteroatoms. The average molecular weight is 319 g/mol. The number of carbonyl (C=O) groups is 1. The highest BCUT2D eigenvalue weighted by Gasteiger charge is 2.09. The lowest BCUT2D eigenvalue weighted by Gasteiger charge is -2.03. The Morgan fingerprint density at radius 1 is 1.17 bits per heavy atom. The van der Waals surface area contributed by atoms with E-state index >= 15 is 0 Å². The molecule has 3 aromatic rings. The van der Waals surface area contributed by atoms with Crippen LogP contribution >= 0.6 is 0 Å². The first-order valence-electron chi connectivity index (χ1n) is 7.56. The summed E-state index contributed by atoms with van der Waals surface area (Å²) in [7, 11) is 0. The van der Waals surface area contributed by atoms with Gasteiger partial charge in [-0.1, -0.05) is 12.1 Å². The molecule has 0 radical (unpaired) electrons. The first kappa shape index (κ1) is 15.7. The summed E-state index contributed by atoms with van der Waals surface area (Å²) in [5.74, 6) is 1.11. The van der Waals surface area contributed by atoms with Crippen molar-refractivity contribution >= 4 is 17.7 Å². The molecular formula is C19H17N3O2. The second kappa shape index (κ2) is 6.91. The van der Waals surface area contributed by atoms with Crippen LogP contribution in [0.15, 0.2) is 59.2 Å². The molecule has 120 valence electrons. The van der Waals surface area contributed by atoms with Crippen LogP contribution in [0.4, 0.5) is 5.69 Å². The maximum atomic E-state index is 12.0. The number of amides is 1. The molecule has 0 aliphatic rings. The second-order valence-corrected chi connectivity index (χ2v) is 5.32. The molecule has 0 atom stereocenters. The third-order valence-electron chi connectivity index (χ3n) is 3.50. The normalized spacial score (nSPS) is 10.9. The molecule has 1 amide bonds. The molecule has 2 aromatic heterocycles. The van der Waals surface area contributed by atoms with Crippen LogP contribution < -0.4 is 5.32 Å². The predicted octanol–water partition coefficient (Wildman–Crippen LogP) is 4.01. The molecular weight excluding hydrogens is 302 g/mol. The average Bonchev–Trinajstić information content (AvgIpc) is 2.93. The highest BCUT2D eigenvalue weighted by atomic mass is 16.4. The van der Waals surface area contributed by atoms with Crippen LogP contribution in [0.3, 0.4) is 0 Å². The van der Waals surface area contributed by atoms with Crippen molar-refractivity contribution in [3.63, 3.8) is 0 Å². The van der Waals surface area contributed by atoms with E-state index in [0.29, 0.717) is 11.6 Å². The Morgan fingerprint density at radius 3 is 2.75 bits per heavy atom. The largest absolute Gasteiger partial charge is 0.441 e. The molecule has 2 heterocycles. The van der Waals surface area contributed by atoms with Crippen molar-refractivity contribution in [1.82, 2.24) is 9.97 Å². The zero-order chi connectivity index (χ0) is 16.9. The van der Waals surface area contributed by atoms with Gasteiger partial charge in [0.2, 0.25) is 11.8 Å². The van der Waals surface area contributed by atoms with Crippen LogP contribution in [0.2, 0.25) is 0 Å². The summed E-state index contributed by atoms with van der Waals surface area (Å²) in [4.78, 5) is 20.5. The molecule has 0 saturated heterocycles. The number of rotatable bonds is 4.